The van der Waals surface area contributed by atoms with Gasteiger partial charge in [-0.05, 0) is 18.6 Å². The lowest BCUT2D eigenvalue weighted by atomic mass is 10.1. The zero-order valence-corrected chi connectivity index (χ0v) is 10.1. The molecule has 0 saturated carbocycles. The average Bonchev–Trinajstić information content (AvgIpc) is 2.76. The van der Waals surface area contributed by atoms with E-state index in [1.807, 2.05) is 0 Å². The van der Waals surface area contributed by atoms with Crippen LogP contribution in [0.15, 0.2) is 12.1 Å². The van der Waals surface area contributed by atoms with E-state index in [-0.39, 0.29) is 23.2 Å². The number of nitrogens with one attached hydrogen (secondary N) is 2. The van der Waals surface area contributed by atoms with Gasteiger partial charge >= 0.3 is 5.97 Å². The molecule has 0 aliphatic carbocycles. The number of hydrogen-bond donors (Lipinski definition) is 4. The van der Waals surface area contributed by atoms with Crippen molar-refractivity contribution in [2.75, 3.05) is 17.6 Å². The van der Waals surface area contributed by atoms with Crippen LogP contribution in [0.25, 0.3) is 0 Å². The summed E-state index contributed by atoms with van der Waals surface area (Å²) >= 11 is 0. The van der Waals surface area contributed by atoms with Crippen molar-refractivity contribution in [3.8, 4) is 0 Å². The number of halogens is 1. The number of carbonyl (C=O) groups excluding carboxylic acids is 1. The second kappa shape index (κ2) is 5.13. The predicted molar refractivity (Wildman–Crippen MR) is 67.4 cm³/mol. The molecule has 102 valence electrons. The van der Waals surface area contributed by atoms with Crippen LogP contribution in [0.5, 0.6) is 0 Å². The van der Waals surface area contributed by atoms with Crippen LogP contribution in [0.4, 0.5) is 15.8 Å². The lowest BCUT2D eigenvalue weighted by molar-refractivity contribution is -0.119. The highest BCUT2D eigenvalue weighted by atomic mass is 19.1. The number of carbonyl (C=O) groups is 2. The van der Waals surface area contributed by atoms with Gasteiger partial charge in [0.1, 0.15) is 11.4 Å². The first-order valence-electron chi connectivity index (χ1n) is 5.83. The molecule has 2 rings (SSSR count). The molecule has 1 aliphatic rings. The molecule has 7 heteroatoms. The largest absolute Gasteiger partial charge is 0.478 e. The van der Waals surface area contributed by atoms with E-state index in [4.69, 9.17) is 10.8 Å². The number of aromatic carboxylic acids is 1. The number of amides is 1. The van der Waals surface area contributed by atoms with Gasteiger partial charge in [0.25, 0.3) is 0 Å². The molecule has 1 unspecified atom stereocenters. The van der Waals surface area contributed by atoms with E-state index < -0.39 is 17.5 Å². The molecule has 0 bridgehead atoms. The van der Waals surface area contributed by atoms with E-state index in [9.17, 15) is 14.0 Å². The van der Waals surface area contributed by atoms with E-state index in [1.165, 1.54) is 6.07 Å². The Kier molecular flexibility index (Phi) is 3.55. The highest BCUT2D eigenvalue weighted by Gasteiger charge is 2.22. The van der Waals surface area contributed by atoms with Gasteiger partial charge < -0.3 is 21.5 Å². The smallest absolute Gasteiger partial charge is 0.340 e. The van der Waals surface area contributed by atoms with Crippen LogP contribution >= 0.6 is 0 Å². The van der Waals surface area contributed by atoms with Gasteiger partial charge in [0.2, 0.25) is 5.91 Å². The molecule has 1 amide bonds. The summed E-state index contributed by atoms with van der Waals surface area (Å²) in [4.78, 5) is 22.1. The molecule has 1 aliphatic heterocycles. The topological polar surface area (TPSA) is 104 Å². The fourth-order valence-corrected chi connectivity index (χ4v) is 2.04. The standard InChI is InChI=1S/C12H14FN3O3/c13-7-2-3-8(10(11(7)14)12(18)19)15-5-6-1-4-9(17)16-6/h2-3,6,15H,1,4-5,14H2,(H,16,17)(H,18,19). The second-order valence-corrected chi connectivity index (χ2v) is 4.37. The van der Waals surface area contributed by atoms with Crippen LogP contribution in [0, 0.1) is 5.82 Å². The van der Waals surface area contributed by atoms with E-state index in [0.29, 0.717) is 19.4 Å². The fraction of sp³-hybridized carbons (Fsp3) is 0.333. The summed E-state index contributed by atoms with van der Waals surface area (Å²) < 4.78 is 13.2. The van der Waals surface area contributed by atoms with Gasteiger partial charge in [-0.1, -0.05) is 0 Å². The highest BCUT2D eigenvalue weighted by Crippen LogP contribution is 2.25. The van der Waals surface area contributed by atoms with Crippen LogP contribution < -0.4 is 16.4 Å². The minimum Gasteiger partial charge on any atom is -0.478 e. The van der Waals surface area contributed by atoms with Gasteiger partial charge in [-0.3, -0.25) is 4.79 Å². The zero-order chi connectivity index (χ0) is 14.0. The molecule has 5 N–H and O–H groups in total. The Balaban J connectivity index is 2.14. The summed E-state index contributed by atoms with van der Waals surface area (Å²) in [6.07, 6.45) is 1.15. The number of rotatable bonds is 4. The Labute approximate surface area is 108 Å². The van der Waals surface area contributed by atoms with Crippen molar-refractivity contribution in [1.82, 2.24) is 5.32 Å². The third-order valence-electron chi connectivity index (χ3n) is 3.03. The molecule has 0 radical (unpaired) electrons. The van der Waals surface area contributed by atoms with Gasteiger partial charge in [-0.25, -0.2) is 9.18 Å². The molecule has 1 aromatic carbocycles. The van der Waals surface area contributed by atoms with Crippen molar-refractivity contribution in [3.63, 3.8) is 0 Å². The summed E-state index contributed by atoms with van der Waals surface area (Å²) in [5.41, 5.74) is 4.98. The Morgan fingerprint density at radius 1 is 1.58 bits per heavy atom. The summed E-state index contributed by atoms with van der Waals surface area (Å²) in [5.74, 6) is -2.09. The van der Waals surface area contributed by atoms with Crippen LogP contribution in [0.2, 0.25) is 0 Å². The molecule has 1 heterocycles. The first kappa shape index (κ1) is 13.1. The monoisotopic (exact) mass is 267 g/mol. The molecule has 1 saturated heterocycles. The quantitative estimate of drug-likeness (QED) is 0.604. The number of benzene rings is 1. The zero-order valence-electron chi connectivity index (χ0n) is 10.1. The fourth-order valence-electron chi connectivity index (χ4n) is 2.04. The highest BCUT2D eigenvalue weighted by molar-refractivity contribution is 6.00. The maximum absolute atomic E-state index is 13.2. The summed E-state index contributed by atoms with van der Waals surface area (Å²) in [5, 5.41) is 14.7. The normalized spacial score (nSPS) is 18.2. The van der Waals surface area contributed by atoms with Crippen LogP contribution in [0.1, 0.15) is 23.2 Å². The van der Waals surface area contributed by atoms with Crippen LogP contribution in [-0.4, -0.2) is 29.6 Å². The van der Waals surface area contributed by atoms with Crippen molar-refractivity contribution < 1.29 is 19.1 Å². The van der Waals surface area contributed by atoms with Gasteiger partial charge in [-0.15, -0.1) is 0 Å². The van der Waals surface area contributed by atoms with Crippen molar-refractivity contribution in [3.05, 3.63) is 23.5 Å². The minimum absolute atomic E-state index is 0.0242. The van der Waals surface area contributed by atoms with E-state index in [0.717, 1.165) is 6.07 Å². The molecule has 0 aromatic heterocycles. The molecule has 0 spiro atoms. The number of carboxylic acid groups (broad SMARTS) is 1. The summed E-state index contributed by atoms with van der Waals surface area (Å²) in [7, 11) is 0. The first-order valence-corrected chi connectivity index (χ1v) is 5.83. The van der Waals surface area contributed by atoms with E-state index in [1.54, 1.807) is 0 Å². The lowest BCUT2D eigenvalue weighted by Crippen LogP contribution is -2.32. The van der Waals surface area contributed by atoms with Crippen molar-refractivity contribution in [2.24, 2.45) is 0 Å². The number of anilines is 2. The average molecular weight is 267 g/mol. The minimum atomic E-state index is -1.30. The number of carboxylic acids is 1. The van der Waals surface area contributed by atoms with E-state index in [2.05, 4.69) is 10.6 Å². The Morgan fingerprint density at radius 2 is 2.32 bits per heavy atom. The van der Waals surface area contributed by atoms with E-state index >= 15 is 0 Å². The Hall–Kier alpha value is -2.31. The molecular weight excluding hydrogens is 253 g/mol. The number of nitrogen functional groups attached to an aromatic ring is 1. The van der Waals surface area contributed by atoms with Gasteiger partial charge in [-0.2, -0.15) is 0 Å². The molecule has 1 fully saturated rings. The number of hydrogen-bond acceptors (Lipinski definition) is 4. The van der Waals surface area contributed by atoms with Crippen LogP contribution in [-0.2, 0) is 4.79 Å². The Morgan fingerprint density at radius 3 is 2.89 bits per heavy atom. The van der Waals surface area contributed by atoms with Crippen molar-refractivity contribution >= 4 is 23.3 Å². The molecule has 1 atom stereocenters. The SMILES string of the molecule is Nc1c(F)ccc(NCC2CCC(=O)N2)c1C(=O)O. The van der Waals surface area contributed by atoms with Gasteiger partial charge in [0, 0.05) is 19.0 Å². The van der Waals surface area contributed by atoms with Crippen LogP contribution in [0.3, 0.4) is 0 Å². The van der Waals surface area contributed by atoms with Gasteiger partial charge in [0.05, 0.1) is 11.4 Å². The molecule has 6 nitrogen and oxygen atoms in total. The summed E-state index contributed by atoms with van der Waals surface area (Å²) in [6, 6.07) is 2.38. The van der Waals surface area contributed by atoms with Crippen molar-refractivity contribution in [1.29, 1.82) is 0 Å². The van der Waals surface area contributed by atoms with Gasteiger partial charge in [0.15, 0.2) is 0 Å². The second-order valence-electron chi connectivity index (χ2n) is 4.37. The maximum atomic E-state index is 13.2. The third-order valence-corrected chi connectivity index (χ3v) is 3.03. The Bertz CT molecular complexity index is 533. The predicted octanol–water partition coefficient (Wildman–Crippen LogP) is 0.797. The summed E-state index contributed by atoms with van der Waals surface area (Å²) in [6.45, 7) is 0.372. The molecule has 19 heavy (non-hydrogen) atoms. The lowest BCUT2D eigenvalue weighted by Gasteiger charge is -2.15. The number of nitrogens with two attached hydrogens (primary N) is 1. The molecular formula is C12H14FN3O3. The third kappa shape index (κ3) is 2.75. The maximum Gasteiger partial charge on any atom is 0.340 e. The van der Waals surface area contributed by atoms with Crippen molar-refractivity contribution in [2.45, 2.75) is 18.9 Å². The first-order chi connectivity index (χ1) is 8.99. The molecule has 1 aromatic rings.